The van der Waals surface area contributed by atoms with Gasteiger partial charge in [0.2, 0.25) is 5.91 Å². The van der Waals surface area contributed by atoms with Gasteiger partial charge in [0.1, 0.15) is 0 Å². The minimum atomic E-state index is 0.0729. The first-order valence-electron chi connectivity index (χ1n) is 9.34. The summed E-state index contributed by atoms with van der Waals surface area (Å²) in [6.45, 7) is 4.45. The van der Waals surface area contributed by atoms with E-state index in [0.29, 0.717) is 32.1 Å². The van der Waals surface area contributed by atoms with E-state index in [1.807, 2.05) is 59.2 Å². The van der Waals surface area contributed by atoms with Crippen LogP contribution in [-0.2, 0) is 4.79 Å². The van der Waals surface area contributed by atoms with Crippen LogP contribution in [0.5, 0.6) is 0 Å². The number of amides is 2. The van der Waals surface area contributed by atoms with Crippen LogP contribution >= 0.6 is 0 Å². The fourth-order valence-electron chi connectivity index (χ4n) is 3.88. The third kappa shape index (κ3) is 3.24. The van der Waals surface area contributed by atoms with E-state index in [9.17, 15) is 9.59 Å². The maximum absolute atomic E-state index is 12.8. The number of hydrogen-bond acceptors (Lipinski definition) is 2. The molecule has 4 heteroatoms. The van der Waals surface area contributed by atoms with E-state index in [0.717, 1.165) is 17.5 Å². The van der Waals surface area contributed by atoms with Crippen LogP contribution in [0.2, 0.25) is 0 Å². The van der Waals surface area contributed by atoms with Crippen molar-refractivity contribution in [2.75, 3.05) is 26.2 Å². The Bertz CT molecular complexity index is 810. The van der Waals surface area contributed by atoms with E-state index < -0.39 is 0 Å². The molecular formula is C22H24N2O2. The van der Waals surface area contributed by atoms with Crippen molar-refractivity contribution in [2.45, 2.75) is 19.3 Å². The SMILES string of the molecule is Cc1ccccc1C(=O)N1CCN(C(=O)[C@H]2C[C@@H]2c2ccccc2)CC1. The topological polar surface area (TPSA) is 40.6 Å². The van der Waals surface area contributed by atoms with Gasteiger partial charge in [-0.1, -0.05) is 48.5 Å². The van der Waals surface area contributed by atoms with Crippen molar-refractivity contribution in [3.8, 4) is 0 Å². The van der Waals surface area contributed by atoms with Crippen LogP contribution < -0.4 is 0 Å². The Morgan fingerprint density at radius 3 is 2.15 bits per heavy atom. The Labute approximate surface area is 154 Å². The lowest BCUT2D eigenvalue weighted by molar-refractivity contribution is -0.134. The lowest BCUT2D eigenvalue weighted by Crippen LogP contribution is -2.51. The zero-order valence-electron chi connectivity index (χ0n) is 15.1. The molecule has 2 atom stereocenters. The fraction of sp³-hybridized carbons (Fsp3) is 0.364. The standard InChI is InChI=1S/C22H24N2O2/c1-16-7-5-6-10-18(16)21(25)23-11-13-24(14-12-23)22(26)20-15-19(20)17-8-3-2-4-9-17/h2-10,19-20H,11-15H2,1H3/t19-,20+/m1/s1. The van der Waals surface area contributed by atoms with Gasteiger partial charge in [-0.05, 0) is 36.5 Å². The average molecular weight is 348 g/mol. The molecule has 26 heavy (non-hydrogen) atoms. The molecule has 0 aromatic heterocycles. The summed E-state index contributed by atoms with van der Waals surface area (Å²) in [6, 6.07) is 18.0. The summed E-state index contributed by atoms with van der Waals surface area (Å²) >= 11 is 0. The van der Waals surface area contributed by atoms with E-state index in [1.165, 1.54) is 5.56 Å². The molecule has 2 fully saturated rings. The van der Waals surface area contributed by atoms with E-state index in [-0.39, 0.29) is 17.7 Å². The Balaban J connectivity index is 1.33. The summed E-state index contributed by atoms with van der Waals surface area (Å²) in [5.74, 6) is 0.817. The number of hydrogen-bond donors (Lipinski definition) is 0. The minimum absolute atomic E-state index is 0.0729. The highest BCUT2D eigenvalue weighted by Gasteiger charge is 2.46. The second-order valence-corrected chi connectivity index (χ2v) is 7.29. The average Bonchev–Trinajstić information content (AvgIpc) is 3.49. The normalized spacial score (nSPS) is 22.2. The van der Waals surface area contributed by atoms with Crippen LogP contribution in [0, 0.1) is 12.8 Å². The smallest absolute Gasteiger partial charge is 0.254 e. The minimum Gasteiger partial charge on any atom is -0.339 e. The lowest BCUT2D eigenvalue weighted by Gasteiger charge is -2.35. The first kappa shape index (κ1) is 16.8. The second kappa shape index (κ2) is 6.94. The predicted molar refractivity (Wildman–Crippen MR) is 101 cm³/mol. The maximum Gasteiger partial charge on any atom is 0.254 e. The summed E-state index contributed by atoms with van der Waals surface area (Å²) in [5, 5.41) is 0. The van der Waals surface area contributed by atoms with Crippen LogP contribution in [0.1, 0.15) is 33.8 Å². The monoisotopic (exact) mass is 348 g/mol. The van der Waals surface area contributed by atoms with Crippen LogP contribution in [0.4, 0.5) is 0 Å². The summed E-state index contributed by atoms with van der Waals surface area (Å²) in [4.78, 5) is 29.3. The summed E-state index contributed by atoms with van der Waals surface area (Å²) in [7, 11) is 0. The number of carbonyl (C=O) groups is 2. The van der Waals surface area contributed by atoms with Crippen LogP contribution in [0.3, 0.4) is 0 Å². The van der Waals surface area contributed by atoms with Crippen molar-refractivity contribution in [3.63, 3.8) is 0 Å². The molecular weight excluding hydrogens is 324 g/mol. The molecule has 1 aliphatic heterocycles. The van der Waals surface area contributed by atoms with Crippen LogP contribution in [0.15, 0.2) is 54.6 Å². The number of benzene rings is 2. The molecule has 4 nitrogen and oxygen atoms in total. The molecule has 0 radical (unpaired) electrons. The predicted octanol–water partition coefficient (Wildman–Crippen LogP) is 3.08. The molecule has 0 bridgehead atoms. The fourth-order valence-corrected chi connectivity index (χ4v) is 3.88. The van der Waals surface area contributed by atoms with Gasteiger partial charge in [0, 0.05) is 37.7 Å². The highest BCUT2D eigenvalue weighted by Crippen LogP contribution is 2.48. The first-order valence-corrected chi connectivity index (χ1v) is 9.34. The van der Waals surface area contributed by atoms with Crippen LogP contribution in [-0.4, -0.2) is 47.8 Å². The van der Waals surface area contributed by atoms with Crippen molar-refractivity contribution in [1.29, 1.82) is 0 Å². The zero-order chi connectivity index (χ0) is 18.1. The van der Waals surface area contributed by atoms with Gasteiger partial charge in [-0.15, -0.1) is 0 Å². The number of carbonyl (C=O) groups excluding carboxylic acids is 2. The molecule has 4 rings (SSSR count). The van der Waals surface area contributed by atoms with Gasteiger partial charge in [0.15, 0.2) is 0 Å². The molecule has 0 spiro atoms. The third-order valence-corrected chi connectivity index (χ3v) is 5.59. The molecule has 1 aliphatic carbocycles. The number of aryl methyl sites for hydroxylation is 1. The Kier molecular flexibility index (Phi) is 4.49. The quantitative estimate of drug-likeness (QED) is 0.855. The van der Waals surface area contributed by atoms with Crippen molar-refractivity contribution >= 4 is 11.8 Å². The maximum atomic E-state index is 12.8. The second-order valence-electron chi connectivity index (χ2n) is 7.29. The molecule has 134 valence electrons. The van der Waals surface area contributed by atoms with E-state index >= 15 is 0 Å². The molecule has 0 N–H and O–H groups in total. The number of nitrogens with zero attached hydrogens (tertiary/aromatic N) is 2. The molecule has 0 unspecified atom stereocenters. The Morgan fingerprint density at radius 1 is 0.846 bits per heavy atom. The zero-order valence-corrected chi connectivity index (χ0v) is 15.1. The van der Waals surface area contributed by atoms with E-state index in [2.05, 4.69) is 12.1 Å². The van der Waals surface area contributed by atoms with Crippen molar-refractivity contribution in [1.82, 2.24) is 9.80 Å². The van der Waals surface area contributed by atoms with Gasteiger partial charge in [0.25, 0.3) is 5.91 Å². The van der Waals surface area contributed by atoms with Gasteiger partial charge in [-0.25, -0.2) is 0 Å². The summed E-state index contributed by atoms with van der Waals surface area (Å²) < 4.78 is 0. The number of piperazine rings is 1. The highest BCUT2D eigenvalue weighted by molar-refractivity contribution is 5.95. The third-order valence-electron chi connectivity index (χ3n) is 5.59. The highest BCUT2D eigenvalue weighted by atomic mass is 16.2. The van der Waals surface area contributed by atoms with E-state index in [1.54, 1.807) is 0 Å². The Hall–Kier alpha value is -2.62. The largest absolute Gasteiger partial charge is 0.339 e. The van der Waals surface area contributed by atoms with Gasteiger partial charge in [-0.2, -0.15) is 0 Å². The summed E-state index contributed by atoms with van der Waals surface area (Å²) in [5.41, 5.74) is 3.03. The van der Waals surface area contributed by atoms with Crippen molar-refractivity contribution in [2.24, 2.45) is 5.92 Å². The molecule has 1 heterocycles. The Morgan fingerprint density at radius 2 is 1.46 bits per heavy atom. The molecule has 2 amide bonds. The van der Waals surface area contributed by atoms with Crippen molar-refractivity contribution < 1.29 is 9.59 Å². The molecule has 1 saturated heterocycles. The molecule has 2 aromatic rings. The summed E-state index contributed by atoms with van der Waals surface area (Å²) in [6.07, 6.45) is 0.950. The lowest BCUT2D eigenvalue weighted by atomic mass is 10.1. The van der Waals surface area contributed by atoms with E-state index in [4.69, 9.17) is 0 Å². The number of rotatable bonds is 3. The first-order chi connectivity index (χ1) is 12.6. The van der Waals surface area contributed by atoms with Gasteiger partial charge in [-0.3, -0.25) is 9.59 Å². The van der Waals surface area contributed by atoms with Gasteiger partial charge < -0.3 is 9.80 Å². The molecule has 1 saturated carbocycles. The molecule has 2 aliphatic rings. The molecule has 2 aromatic carbocycles. The van der Waals surface area contributed by atoms with Gasteiger partial charge >= 0.3 is 0 Å². The van der Waals surface area contributed by atoms with Crippen LogP contribution in [0.25, 0.3) is 0 Å². The van der Waals surface area contributed by atoms with Gasteiger partial charge in [0.05, 0.1) is 0 Å². The van der Waals surface area contributed by atoms with Crippen molar-refractivity contribution in [3.05, 3.63) is 71.3 Å².